The summed E-state index contributed by atoms with van der Waals surface area (Å²) < 4.78 is 32.9. The largest absolute Gasteiger partial charge is 0.419 e. The minimum atomic E-state index is -3.57. The Kier molecular flexibility index (Phi) is 4.79. The number of sulfonamides is 1. The Labute approximate surface area is 144 Å². The number of aryl methyl sites for hydroxylation is 2. The fraction of sp³-hybridized carbons (Fsp3) is 0.250. The summed E-state index contributed by atoms with van der Waals surface area (Å²) in [5.41, 5.74) is 1.85. The first kappa shape index (κ1) is 16.8. The quantitative estimate of drug-likeness (QED) is 0.727. The maximum atomic E-state index is 12.3. The lowest BCUT2D eigenvalue weighted by Crippen LogP contribution is -2.22. The van der Waals surface area contributed by atoms with Crippen molar-refractivity contribution in [2.45, 2.75) is 31.0 Å². The topological polar surface area (TPSA) is 85.1 Å². The first-order valence-electron chi connectivity index (χ1n) is 7.46. The van der Waals surface area contributed by atoms with Crippen LogP contribution in [0.15, 0.2) is 45.0 Å². The fourth-order valence-electron chi connectivity index (χ4n) is 2.17. The van der Waals surface area contributed by atoms with Crippen LogP contribution >= 0.6 is 11.3 Å². The molecule has 0 aliphatic carbocycles. The van der Waals surface area contributed by atoms with Gasteiger partial charge in [-0.3, -0.25) is 0 Å². The Balaban J connectivity index is 1.72. The highest BCUT2D eigenvalue weighted by Crippen LogP contribution is 2.23. The van der Waals surface area contributed by atoms with Crippen LogP contribution < -0.4 is 4.72 Å². The highest BCUT2D eigenvalue weighted by Gasteiger charge is 2.18. The van der Waals surface area contributed by atoms with Gasteiger partial charge in [0, 0.05) is 10.4 Å². The Morgan fingerprint density at radius 1 is 1.17 bits per heavy atom. The van der Waals surface area contributed by atoms with Gasteiger partial charge in [0.2, 0.25) is 11.8 Å². The molecule has 1 aromatic carbocycles. The van der Waals surface area contributed by atoms with E-state index in [9.17, 15) is 8.42 Å². The lowest BCUT2D eigenvalue weighted by atomic mass is 10.1. The first-order chi connectivity index (χ1) is 11.5. The molecule has 3 rings (SSSR count). The molecule has 6 nitrogen and oxygen atoms in total. The zero-order chi connectivity index (χ0) is 17.2. The van der Waals surface area contributed by atoms with Crippen LogP contribution in [0.1, 0.15) is 23.3 Å². The predicted molar refractivity (Wildman–Crippen MR) is 92.2 cm³/mol. The van der Waals surface area contributed by atoms with Crippen molar-refractivity contribution in [3.63, 3.8) is 0 Å². The van der Waals surface area contributed by atoms with E-state index in [1.54, 1.807) is 6.07 Å². The van der Waals surface area contributed by atoms with Gasteiger partial charge < -0.3 is 4.42 Å². The fourth-order valence-corrected chi connectivity index (χ4v) is 4.48. The average molecular weight is 363 g/mol. The van der Waals surface area contributed by atoms with E-state index >= 15 is 0 Å². The molecule has 2 aromatic heterocycles. The number of hydrogen-bond acceptors (Lipinski definition) is 6. The smallest absolute Gasteiger partial charge is 0.250 e. The van der Waals surface area contributed by atoms with Crippen molar-refractivity contribution < 1.29 is 12.8 Å². The van der Waals surface area contributed by atoms with Crippen LogP contribution in [-0.2, 0) is 23.0 Å². The molecule has 0 aliphatic heterocycles. The summed E-state index contributed by atoms with van der Waals surface area (Å²) in [6.07, 6.45) is 0.809. The molecule has 3 aromatic rings. The van der Waals surface area contributed by atoms with Crippen molar-refractivity contribution >= 4 is 21.4 Å². The molecule has 2 heterocycles. The zero-order valence-electron chi connectivity index (χ0n) is 13.3. The van der Waals surface area contributed by atoms with E-state index in [1.807, 2.05) is 44.2 Å². The maximum Gasteiger partial charge on any atom is 0.250 e. The third-order valence-corrected chi connectivity index (χ3v) is 6.63. The second-order valence-electron chi connectivity index (χ2n) is 5.21. The zero-order valence-corrected chi connectivity index (χ0v) is 14.9. The van der Waals surface area contributed by atoms with Gasteiger partial charge in [0.15, 0.2) is 0 Å². The van der Waals surface area contributed by atoms with Crippen molar-refractivity contribution in [1.29, 1.82) is 0 Å². The summed E-state index contributed by atoms with van der Waals surface area (Å²) in [5.74, 6) is 0.607. The van der Waals surface area contributed by atoms with E-state index in [1.165, 1.54) is 11.3 Å². The molecule has 0 amide bonds. The molecule has 0 aliphatic rings. The van der Waals surface area contributed by atoms with Crippen LogP contribution in [0.5, 0.6) is 0 Å². The highest BCUT2D eigenvalue weighted by atomic mass is 32.2. The van der Waals surface area contributed by atoms with Gasteiger partial charge in [0.05, 0.1) is 6.54 Å². The van der Waals surface area contributed by atoms with E-state index in [2.05, 4.69) is 14.9 Å². The number of aromatic nitrogens is 2. The standard InChI is InChI=1S/C16H17N3O3S2/c1-3-12-8-9-15(23-12)24(20,21)17-10-14-18-19-16(22-14)13-7-5-4-6-11(13)2/h4-9,17H,3,10H2,1-2H3. The molecule has 0 bridgehead atoms. The molecule has 0 spiro atoms. The van der Waals surface area contributed by atoms with Gasteiger partial charge in [0.25, 0.3) is 10.0 Å². The third-order valence-electron chi connectivity index (χ3n) is 3.51. The Bertz CT molecular complexity index is 945. The number of benzene rings is 1. The van der Waals surface area contributed by atoms with Crippen LogP contribution in [0.2, 0.25) is 0 Å². The lowest BCUT2D eigenvalue weighted by molar-refractivity contribution is 0.494. The van der Waals surface area contributed by atoms with Crippen LogP contribution in [0.3, 0.4) is 0 Å². The highest BCUT2D eigenvalue weighted by molar-refractivity contribution is 7.91. The van der Waals surface area contributed by atoms with Gasteiger partial charge in [-0.15, -0.1) is 21.5 Å². The van der Waals surface area contributed by atoms with Gasteiger partial charge in [-0.1, -0.05) is 25.1 Å². The Morgan fingerprint density at radius 3 is 2.67 bits per heavy atom. The molecule has 24 heavy (non-hydrogen) atoms. The summed E-state index contributed by atoms with van der Waals surface area (Å²) in [6, 6.07) is 11.1. The van der Waals surface area contributed by atoms with Gasteiger partial charge in [-0.2, -0.15) is 0 Å². The molecule has 0 fully saturated rings. The lowest BCUT2D eigenvalue weighted by Gasteiger charge is -2.01. The molecule has 0 saturated heterocycles. The molecule has 126 valence electrons. The maximum absolute atomic E-state index is 12.3. The molecule has 8 heteroatoms. The molecular weight excluding hydrogens is 346 g/mol. The van der Waals surface area contributed by atoms with Gasteiger partial charge in [0.1, 0.15) is 4.21 Å². The van der Waals surface area contributed by atoms with Crippen molar-refractivity contribution in [1.82, 2.24) is 14.9 Å². The predicted octanol–water partition coefficient (Wildman–Crippen LogP) is 3.15. The summed E-state index contributed by atoms with van der Waals surface area (Å²) in [6.45, 7) is 3.89. The number of rotatable bonds is 6. The SMILES string of the molecule is CCc1ccc(S(=O)(=O)NCc2nnc(-c3ccccc3C)o2)s1. The van der Waals surface area contributed by atoms with Crippen LogP contribution in [0.25, 0.3) is 11.5 Å². The normalized spacial score (nSPS) is 11.8. The van der Waals surface area contributed by atoms with Crippen molar-refractivity contribution in [3.05, 3.63) is 52.7 Å². The molecule has 0 unspecified atom stereocenters. The second kappa shape index (κ2) is 6.84. The van der Waals surface area contributed by atoms with E-state index < -0.39 is 10.0 Å². The number of nitrogens with one attached hydrogen (secondary N) is 1. The summed E-state index contributed by atoms with van der Waals surface area (Å²) in [5, 5.41) is 7.90. The summed E-state index contributed by atoms with van der Waals surface area (Å²) >= 11 is 1.26. The van der Waals surface area contributed by atoms with E-state index in [4.69, 9.17) is 4.42 Å². The molecule has 0 radical (unpaired) electrons. The third kappa shape index (κ3) is 3.55. The Morgan fingerprint density at radius 2 is 1.96 bits per heavy atom. The summed E-state index contributed by atoms with van der Waals surface area (Å²) in [4.78, 5) is 1.02. The second-order valence-corrected chi connectivity index (χ2v) is 8.38. The van der Waals surface area contributed by atoms with Crippen LogP contribution in [0, 0.1) is 6.92 Å². The van der Waals surface area contributed by atoms with Crippen LogP contribution in [0.4, 0.5) is 0 Å². The van der Waals surface area contributed by atoms with Crippen molar-refractivity contribution in [3.8, 4) is 11.5 Å². The van der Waals surface area contributed by atoms with Crippen LogP contribution in [-0.4, -0.2) is 18.6 Å². The van der Waals surface area contributed by atoms with E-state index in [0.29, 0.717) is 5.89 Å². The summed E-state index contributed by atoms with van der Waals surface area (Å²) in [7, 11) is -3.57. The number of hydrogen-bond donors (Lipinski definition) is 1. The van der Waals surface area contributed by atoms with Gasteiger partial charge in [-0.25, -0.2) is 13.1 Å². The van der Waals surface area contributed by atoms with Gasteiger partial charge in [-0.05, 0) is 37.1 Å². The molecule has 0 saturated carbocycles. The minimum absolute atomic E-state index is 0.0411. The van der Waals surface area contributed by atoms with E-state index in [0.717, 1.165) is 22.4 Å². The minimum Gasteiger partial charge on any atom is -0.419 e. The monoisotopic (exact) mass is 363 g/mol. The van der Waals surface area contributed by atoms with E-state index in [-0.39, 0.29) is 16.6 Å². The van der Waals surface area contributed by atoms with Crippen molar-refractivity contribution in [2.24, 2.45) is 0 Å². The molecule has 0 atom stereocenters. The molecular formula is C16H17N3O3S2. The van der Waals surface area contributed by atoms with Gasteiger partial charge >= 0.3 is 0 Å². The Hall–Kier alpha value is -2.03. The average Bonchev–Trinajstić information content (AvgIpc) is 3.23. The van der Waals surface area contributed by atoms with Crippen molar-refractivity contribution in [2.75, 3.05) is 0 Å². The molecule has 1 N–H and O–H groups in total. The number of nitrogens with zero attached hydrogens (tertiary/aromatic N) is 2. The number of thiophene rings is 1. The first-order valence-corrected chi connectivity index (χ1v) is 9.76.